The molecule has 1 atom stereocenters. The van der Waals surface area contributed by atoms with E-state index in [9.17, 15) is 0 Å². The van der Waals surface area contributed by atoms with Crippen LogP contribution in [0.3, 0.4) is 0 Å². The lowest BCUT2D eigenvalue weighted by atomic mass is 10.0. The highest BCUT2D eigenvalue weighted by Gasteiger charge is 2.08. The molecule has 2 heteroatoms. The quantitative estimate of drug-likeness (QED) is 0.859. The summed E-state index contributed by atoms with van der Waals surface area (Å²) in [4.78, 5) is 0. The van der Waals surface area contributed by atoms with E-state index in [4.69, 9.17) is 5.73 Å². The first-order valence-electron chi connectivity index (χ1n) is 6.40. The van der Waals surface area contributed by atoms with Crippen LogP contribution in [0.5, 0.6) is 0 Å². The minimum atomic E-state index is 0.211. The molecule has 0 bridgehead atoms. The van der Waals surface area contributed by atoms with E-state index in [2.05, 4.69) is 55.8 Å². The van der Waals surface area contributed by atoms with Crippen LogP contribution in [-0.4, -0.2) is 10.6 Å². The Hall–Kier alpha value is -1.28. The second-order valence-electron chi connectivity index (χ2n) is 5.40. The van der Waals surface area contributed by atoms with E-state index < -0.39 is 0 Å². The number of para-hydroxylation sites is 1. The first-order valence-corrected chi connectivity index (χ1v) is 6.40. The van der Waals surface area contributed by atoms with Crippen molar-refractivity contribution in [2.75, 3.05) is 0 Å². The number of rotatable bonds is 4. The number of fused-ring (bicyclic) bond motifs is 1. The standard InChI is InChI=1S/C15H22N2/c1-11(2)10-17-8-7-13-5-4-6-14(15(13)17)9-12(3)16/h4-8,11-12H,9-10,16H2,1-3H3. The van der Waals surface area contributed by atoms with Crippen molar-refractivity contribution < 1.29 is 0 Å². The van der Waals surface area contributed by atoms with E-state index in [0.717, 1.165) is 13.0 Å². The summed E-state index contributed by atoms with van der Waals surface area (Å²) >= 11 is 0. The molecule has 0 aliphatic carbocycles. The zero-order chi connectivity index (χ0) is 12.4. The molecule has 0 aliphatic rings. The number of hydrogen-bond donors (Lipinski definition) is 1. The van der Waals surface area contributed by atoms with Crippen molar-refractivity contribution >= 4 is 10.9 Å². The van der Waals surface area contributed by atoms with Crippen molar-refractivity contribution in [2.24, 2.45) is 11.7 Å². The summed E-state index contributed by atoms with van der Waals surface area (Å²) in [7, 11) is 0. The van der Waals surface area contributed by atoms with Gasteiger partial charge in [-0.1, -0.05) is 32.0 Å². The molecule has 1 heterocycles. The van der Waals surface area contributed by atoms with Gasteiger partial charge in [0, 0.05) is 18.8 Å². The molecule has 1 aromatic carbocycles. The van der Waals surface area contributed by atoms with Crippen LogP contribution in [0.25, 0.3) is 10.9 Å². The van der Waals surface area contributed by atoms with Gasteiger partial charge in [0.2, 0.25) is 0 Å². The van der Waals surface area contributed by atoms with Gasteiger partial charge in [0.25, 0.3) is 0 Å². The SMILES string of the molecule is CC(C)Cn1ccc2cccc(CC(C)N)c21. The lowest BCUT2D eigenvalue weighted by molar-refractivity contribution is 0.534. The molecule has 2 nitrogen and oxygen atoms in total. The maximum absolute atomic E-state index is 5.93. The number of aromatic nitrogens is 1. The largest absolute Gasteiger partial charge is 0.347 e. The van der Waals surface area contributed by atoms with Crippen molar-refractivity contribution in [3.05, 3.63) is 36.0 Å². The fourth-order valence-corrected chi connectivity index (χ4v) is 2.40. The van der Waals surface area contributed by atoms with E-state index in [1.165, 1.54) is 16.5 Å². The fourth-order valence-electron chi connectivity index (χ4n) is 2.40. The molecule has 2 N–H and O–H groups in total. The first-order chi connectivity index (χ1) is 8.08. The maximum atomic E-state index is 5.93. The van der Waals surface area contributed by atoms with Gasteiger partial charge in [-0.2, -0.15) is 0 Å². The number of nitrogens with two attached hydrogens (primary N) is 1. The monoisotopic (exact) mass is 230 g/mol. The Morgan fingerprint density at radius 2 is 1.94 bits per heavy atom. The lowest BCUT2D eigenvalue weighted by Crippen LogP contribution is -2.18. The van der Waals surface area contributed by atoms with Gasteiger partial charge < -0.3 is 10.3 Å². The van der Waals surface area contributed by atoms with Gasteiger partial charge in [-0.3, -0.25) is 0 Å². The van der Waals surface area contributed by atoms with Gasteiger partial charge in [0.15, 0.2) is 0 Å². The third-order valence-corrected chi connectivity index (χ3v) is 2.98. The molecular weight excluding hydrogens is 208 g/mol. The minimum Gasteiger partial charge on any atom is -0.347 e. The highest BCUT2D eigenvalue weighted by atomic mass is 15.0. The van der Waals surface area contributed by atoms with Crippen LogP contribution in [-0.2, 0) is 13.0 Å². The predicted octanol–water partition coefficient (Wildman–Crippen LogP) is 3.19. The Balaban J connectivity index is 2.47. The summed E-state index contributed by atoms with van der Waals surface area (Å²) in [5, 5.41) is 1.32. The van der Waals surface area contributed by atoms with Crippen LogP contribution in [0, 0.1) is 5.92 Å². The molecule has 0 saturated carbocycles. The molecule has 2 aromatic rings. The molecule has 0 radical (unpaired) electrons. The zero-order valence-electron chi connectivity index (χ0n) is 11.0. The summed E-state index contributed by atoms with van der Waals surface area (Å²) in [6.45, 7) is 7.63. The lowest BCUT2D eigenvalue weighted by Gasteiger charge is -2.13. The zero-order valence-corrected chi connectivity index (χ0v) is 11.0. The first kappa shape index (κ1) is 12.2. The van der Waals surface area contributed by atoms with Gasteiger partial charge in [0.1, 0.15) is 0 Å². The Kier molecular flexibility index (Phi) is 3.53. The smallest absolute Gasteiger partial charge is 0.0513 e. The van der Waals surface area contributed by atoms with E-state index in [1.807, 2.05) is 0 Å². The molecule has 0 fully saturated rings. The van der Waals surface area contributed by atoms with Crippen molar-refractivity contribution in [3.63, 3.8) is 0 Å². The van der Waals surface area contributed by atoms with Crippen LogP contribution in [0.1, 0.15) is 26.3 Å². The Labute approximate surface area is 103 Å². The molecule has 17 heavy (non-hydrogen) atoms. The van der Waals surface area contributed by atoms with E-state index in [-0.39, 0.29) is 6.04 Å². The van der Waals surface area contributed by atoms with Crippen LogP contribution in [0.2, 0.25) is 0 Å². The third kappa shape index (κ3) is 2.70. The van der Waals surface area contributed by atoms with Crippen molar-refractivity contribution in [1.29, 1.82) is 0 Å². The summed E-state index contributed by atoms with van der Waals surface area (Å²) in [5.41, 5.74) is 8.65. The van der Waals surface area contributed by atoms with Crippen molar-refractivity contribution in [3.8, 4) is 0 Å². The number of hydrogen-bond acceptors (Lipinski definition) is 1. The maximum Gasteiger partial charge on any atom is 0.0513 e. The second kappa shape index (κ2) is 4.92. The van der Waals surface area contributed by atoms with Crippen molar-refractivity contribution in [2.45, 2.75) is 39.8 Å². The molecule has 0 aliphatic heterocycles. The Bertz CT molecular complexity index is 495. The van der Waals surface area contributed by atoms with Gasteiger partial charge in [-0.25, -0.2) is 0 Å². The molecule has 0 amide bonds. The molecule has 1 aromatic heterocycles. The van der Waals surface area contributed by atoms with Crippen LogP contribution in [0.15, 0.2) is 30.5 Å². The van der Waals surface area contributed by atoms with Crippen molar-refractivity contribution in [1.82, 2.24) is 4.57 Å². The molecular formula is C15H22N2. The fraction of sp³-hybridized carbons (Fsp3) is 0.467. The van der Waals surface area contributed by atoms with Crippen LogP contribution in [0.4, 0.5) is 0 Å². The van der Waals surface area contributed by atoms with Gasteiger partial charge in [0.05, 0.1) is 5.52 Å². The summed E-state index contributed by atoms with van der Waals surface area (Å²) in [6, 6.07) is 8.91. The van der Waals surface area contributed by atoms with E-state index in [1.54, 1.807) is 0 Å². The molecule has 1 unspecified atom stereocenters. The third-order valence-electron chi connectivity index (χ3n) is 2.98. The summed E-state index contributed by atoms with van der Waals surface area (Å²) in [5.74, 6) is 0.661. The molecule has 0 saturated heterocycles. The van der Waals surface area contributed by atoms with Gasteiger partial charge >= 0.3 is 0 Å². The highest BCUT2D eigenvalue weighted by Crippen LogP contribution is 2.22. The topological polar surface area (TPSA) is 30.9 Å². The average molecular weight is 230 g/mol. The van der Waals surface area contributed by atoms with Gasteiger partial charge in [-0.15, -0.1) is 0 Å². The van der Waals surface area contributed by atoms with Crippen LogP contribution < -0.4 is 5.73 Å². The van der Waals surface area contributed by atoms with Gasteiger partial charge in [-0.05, 0) is 36.3 Å². The molecule has 92 valence electrons. The normalized spacial score (nSPS) is 13.5. The number of nitrogens with zero attached hydrogens (tertiary/aromatic N) is 1. The average Bonchev–Trinajstić information content (AvgIpc) is 2.61. The second-order valence-corrected chi connectivity index (χ2v) is 5.40. The Morgan fingerprint density at radius 3 is 2.59 bits per heavy atom. The van der Waals surface area contributed by atoms with Crippen LogP contribution >= 0.6 is 0 Å². The minimum absolute atomic E-state index is 0.211. The predicted molar refractivity (Wildman–Crippen MR) is 74.1 cm³/mol. The molecule has 0 spiro atoms. The van der Waals surface area contributed by atoms with E-state index in [0.29, 0.717) is 5.92 Å². The highest BCUT2D eigenvalue weighted by molar-refractivity contribution is 5.83. The molecule has 2 rings (SSSR count). The van der Waals surface area contributed by atoms with E-state index >= 15 is 0 Å². The summed E-state index contributed by atoms with van der Waals surface area (Å²) in [6.07, 6.45) is 3.13. The number of benzene rings is 1. The summed E-state index contributed by atoms with van der Waals surface area (Å²) < 4.78 is 2.36. The Morgan fingerprint density at radius 1 is 1.18 bits per heavy atom.